The summed E-state index contributed by atoms with van der Waals surface area (Å²) in [5.74, 6) is -0.606. The Balaban J connectivity index is 1.61. The van der Waals surface area contributed by atoms with Gasteiger partial charge in [-0.3, -0.25) is 14.4 Å². The molecule has 3 aromatic rings. The molecule has 2 amide bonds. The van der Waals surface area contributed by atoms with Crippen LogP contribution >= 0.6 is 0 Å². The Kier molecular flexibility index (Phi) is 4.64. The van der Waals surface area contributed by atoms with Gasteiger partial charge in [0.1, 0.15) is 12.4 Å². The molecule has 9 nitrogen and oxygen atoms in total. The molecular formula is C19H20N6O3. The monoisotopic (exact) mass is 380 g/mol. The highest BCUT2D eigenvalue weighted by atomic mass is 16.2. The molecule has 1 saturated carbocycles. The second-order valence-electron chi connectivity index (χ2n) is 6.87. The largest absolute Gasteiger partial charge is 0.364 e. The molecule has 0 aliphatic heterocycles. The van der Waals surface area contributed by atoms with Gasteiger partial charge in [0.05, 0.1) is 17.6 Å². The van der Waals surface area contributed by atoms with E-state index in [0.29, 0.717) is 11.2 Å². The van der Waals surface area contributed by atoms with E-state index >= 15 is 0 Å². The molecule has 3 N–H and O–H groups in total. The predicted molar refractivity (Wildman–Crippen MR) is 103 cm³/mol. The minimum absolute atomic E-state index is 0.0426. The van der Waals surface area contributed by atoms with E-state index < -0.39 is 17.4 Å². The summed E-state index contributed by atoms with van der Waals surface area (Å²) in [6.07, 6.45) is 5.98. The first kappa shape index (κ1) is 17.9. The Morgan fingerprint density at radius 3 is 2.57 bits per heavy atom. The van der Waals surface area contributed by atoms with Crippen molar-refractivity contribution < 1.29 is 9.59 Å². The van der Waals surface area contributed by atoms with E-state index in [1.165, 1.54) is 0 Å². The fourth-order valence-corrected chi connectivity index (χ4v) is 3.70. The zero-order valence-corrected chi connectivity index (χ0v) is 15.2. The van der Waals surface area contributed by atoms with Crippen LogP contribution in [-0.4, -0.2) is 31.4 Å². The van der Waals surface area contributed by atoms with Crippen molar-refractivity contribution in [1.29, 1.82) is 0 Å². The predicted octanol–water partition coefficient (Wildman–Crippen LogP) is 1.45. The van der Waals surface area contributed by atoms with E-state index in [1.807, 2.05) is 4.68 Å². The van der Waals surface area contributed by atoms with Gasteiger partial charge in [-0.2, -0.15) is 10.2 Å². The van der Waals surface area contributed by atoms with Crippen molar-refractivity contribution in [3.05, 3.63) is 52.6 Å². The second-order valence-corrected chi connectivity index (χ2v) is 6.87. The summed E-state index contributed by atoms with van der Waals surface area (Å²) < 4.78 is 2.78. The topological polar surface area (TPSA) is 125 Å². The molecule has 0 saturated heterocycles. The molecule has 1 aliphatic carbocycles. The van der Waals surface area contributed by atoms with Crippen LogP contribution in [0.4, 0.5) is 5.82 Å². The van der Waals surface area contributed by atoms with E-state index in [4.69, 9.17) is 5.73 Å². The van der Waals surface area contributed by atoms with Crippen LogP contribution in [-0.2, 0) is 11.3 Å². The molecule has 0 spiro atoms. The molecule has 0 unspecified atom stereocenters. The van der Waals surface area contributed by atoms with E-state index in [0.717, 1.165) is 30.4 Å². The Hall–Kier alpha value is -3.49. The number of nitrogens with two attached hydrogens (primary N) is 1. The lowest BCUT2D eigenvalue weighted by molar-refractivity contribution is -0.117. The molecule has 9 heteroatoms. The minimum Gasteiger partial charge on any atom is -0.364 e. The van der Waals surface area contributed by atoms with Crippen molar-refractivity contribution in [3.8, 4) is 0 Å². The quantitative estimate of drug-likeness (QED) is 0.693. The number of nitrogens with zero attached hydrogens (tertiary/aromatic N) is 4. The Labute approximate surface area is 160 Å². The number of nitrogens with one attached hydrogen (secondary N) is 1. The second kappa shape index (κ2) is 7.26. The third-order valence-electron chi connectivity index (χ3n) is 5.00. The summed E-state index contributed by atoms with van der Waals surface area (Å²) in [5, 5.41) is 11.8. The maximum Gasteiger partial charge on any atom is 0.275 e. The molecular weight excluding hydrogens is 360 g/mol. The average molecular weight is 380 g/mol. The van der Waals surface area contributed by atoms with E-state index in [9.17, 15) is 14.4 Å². The molecule has 0 bridgehead atoms. The van der Waals surface area contributed by atoms with Crippen LogP contribution in [0.25, 0.3) is 10.8 Å². The first-order valence-electron chi connectivity index (χ1n) is 9.17. The number of aromatic nitrogens is 4. The number of amides is 2. The van der Waals surface area contributed by atoms with Gasteiger partial charge in [-0.05, 0) is 18.9 Å². The first-order valence-corrected chi connectivity index (χ1v) is 9.17. The number of hydrogen-bond donors (Lipinski definition) is 2. The molecule has 0 atom stereocenters. The van der Waals surface area contributed by atoms with Gasteiger partial charge in [0, 0.05) is 11.5 Å². The van der Waals surface area contributed by atoms with E-state index in [1.54, 1.807) is 36.5 Å². The number of anilines is 1. The first-order chi connectivity index (χ1) is 13.5. The fraction of sp³-hybridized carbons (Fsp3) is 0.316. The Morgan fingerprint density at radius 1 is 1.14 bits per heavy atom. The highest BCUT2D eigenvalue weighted by Crippen LogP contribution is 2.31. The summed E-state index contributed by atoms with van der Waals surface area (Å²) in [6, 6.07) is 8.55. The number of carbonyl (C=O) groups is 2. The minimum atomic E-state index is -0.760. The van der Waals surface area contributed by atoms with Gasteiger partial charge in [0.25, 0.3) is 11.5 Å². The summed E-state index contributed by atoms with van der Waals surface area (Å²) in [5.41, 5.74) is 4.90. The maximum atomic E-state index is 12.7. The van der Waals surface area contributed by atoms with Crippen LogP contribution in [0.5, 0.6) is 0 Å². The van der Waals surface area contributed by atoms with Crippen molar-refractivity contribution in [2.24, 2.45) is 5.73 Å². The number of rotatable bonds is 5. The van der Waals surface area contributed by atoms with E-state index in [2.05, 4.69) is 15.5 Å². The normalized spacial score (nSPS) is 14.4. The lowest BCUT2D eigenvalue weighted by Crippen LogP contribution is -2.32. The van der Waals surface area contributed by atoms with Crippen molar-refractivity contribution in [1.82, 2.24) is 19.6 Å². The highest BCUT2D eigenvalue weighted by molar-refractivity contribution is 6.04. The molecule has 1 aromatic carbocycles. The Bertz CT molecular complexity index is 1110. The van der Waals surface area contributed by atoms with Gasteiger partial charge in [0.15, 0.2) is 5.69 Å². The molecule has 1 aliphatic rings. The van der Waals surface area contributed by atoms with Crippen molar-refractivity contribution in [2.45, 2.75) is 38.3 Å². The van der Waals surface area contributed by atoms with Crippen molar-refractivity contribution in [2.75, 3.05) is 5.32 Å². The number of carbonyl (C=O) groups excluding carboxylic acids is 2. The zero-order valence-electron chi connectivity index (χ0n) is 15.2. The average Bonchev–Trinajstić information content (AvgIpc) is 3.35. The molecule has 2 heterocycles. The number of benzene rings is 1. The summed E-state index contributed by atoms with van der Waals surface area (Å²) >= 11 is 0. The van der Waals surface area contributed by atoms with Gasteiger partial charge < -0.3 is 11.1 Å². The van der Waals surface area contributed by atoms with Gasteiger partial charge in [0.2, 0.25) is 5.91 Å². The molecule has 2 aromatic heterocycles. The third-order valence-corrected chi connectivity index (χ3v) is 5.00. The maximum absolute atomic E-state index is 12.7. The van der Waals surface area contributed by atoms with Crippen LogP contribution < -0.4 is 16.6 Å². The molecule has 4 rings (SSSR count). The number of fused-ring (bicyclic) bond motifs is 1. The fourth-order valence-electron chi connectivity index (χ4n) is 3.70. The Morgan fingerprint density at radius 2 is 1.86 bits per heavy atom. The van der Waals surface area contributed by atoms with Gasteiger partial charge >= 0.3 is 0 Å². The van der Waals surface area contributed by atoms with Crippen LogP contribution in [0.15, 0.2) is 41.3 Å². The summed E-state index contributed by atoms with van der Waals surface area (Å²) in [6.45, 7) is -0.334. The summed E-state index contributed by atoms with van der Waals surface area (Å²) in [4.78, 5) is 37.0. The zero-order chi connectivity index (χ0) is 19.7. The molecule has 28 heavy (non-hydrogen) atoms. The van der Waals surface area contributed by atoms with Crippen molar-refractivity contribution >= 4 is 28.4 Å². The van der Waals surface area contributed by atoms with Crippen molar-refractivity contribution in [3.63, 3.8) is 0 Å². The number of hydrogen-bond acceptors (Lipinski definition) is 5. The van der Waals surface area contributed by atoms with Crippen LogP contribution in [0, 0.1) is 0 Å². The molecule has 0 radical (unpaired) electrons. The third kappa shape index (κ3) is 3.26. The smallest absolute Gasteiger partial charge is 0.275 e. The number of primary amides is 1. The van der Waals surface area contributed by atoms with Gasteiger partial charge in [-0.25, -0.2) is 9.36 Å². The van der Waals surface area contributed by atoms with Crippen LogP contribution in [0.3, 0.4) is 0 Å². The summed E-state index contributed by atoms with van der Waals surface area (Å²) in [7, 11) is 0. The highest BCUT2D eigenvalue weighted by Gasteiger charge is 2.21. The SMILES string of the molecule is NC(=O)c1nn(CC(=O)Nc2ccnn2C2CCCC2)c(=O)c2ccccc12. The lowest BCUT2D eigenvalue weighted by Gasteiger charge is -2.15. The van der Waals surface area contributed by atoms with Crippen LogP contribution in [0.1, 0.15) is 42.2 Å². The molecule has 1 fully saturated rings. The lowest BCUT2D eigenvalue weighted by atomic mass is 10.1. The van der Waals surface area contributed by atoms with Gasteiger partial charge in [-0.1, -0.05) is 31.0 Å². The van der Waals surface area contributed by atoms with Gasteiger partial charge in [-0.15, -0.1) is 0 Å². The van der Waals surface area contributed by atoms with E-state index in [-0.39, 0.29) is 23.7 Å². The standard InChI is InChI=1S/C19H20N6O3/c20-18(27)17-13-7-3-4-8-14(13)19(28)24(23-17)11-16(26)22-15-9-10-21-25(15)12-5-1-2-6-12/h3-4,7-10,12H,1-2,5-6,11H2,(H2,20,27)(H,22,26). The molecule has 144 valence electrons. The van der Waals surface area contributed by atoms with Crippen LogP contribution in [0.2, 0.25) is 0 Å².